The third-order valence-corrected chi connectivity index (χ3v) is 3.75. The van der Waals surface area contributed by atoms with Gasteiger partial charge >= 0.3 is 0 Å². The van der Waals surface area contributed by atoms with E-state index in [2.05, 4.69) is 11.0 Å². The van der Waals surface area contributed by atoms with Crippen LogP contribution in [0.3, 0.4) is 0 Å². The first kappa shape index (κ1) is 12.7. The van der Waals surface area contributed by atoms with Crippen molar-refractivity contribution in [2.24, 2.45) is 0 Å². The Labute approximate surface area is 108 Å². The molecule has 1 aromatic rings. The summed E-state index contributed by atoms with van der Waals surface area (Å²) in [5.74, 6) is 0. The van der Waals surface area contributed by atoms with E-state index in [1.807, 2.05) is 13.1 Å². The Morgan fingerprint density at radius 3 is 2.72 bits per heavy atom. The van der Waals surface area contributed by atoms with Gasteiger partial charge in [0.1, 0.15) is 6.07 Å². The Hall–Kier alpha value is -1.73. The molecule has 0 saturated heterocycles. The molecule has 1 aromatic carbocycles. The topological polar surface area (TPSA) is 73.3 Å². The van der Waals surface area contributed by atoms with Gasteiger partial charge < -0.3 is 15.7 Å². The highest BCUT2D eigenvalue weighted by atomic mass is 16.3. The molecule has 18 heavy (non-hydrogen) atoms. The Morgan fingerprint density at radius 1 is 1.39 bits per heavy atom. The lowest BCUT2D eigenvalue weighted by Gasteiger charge is -2.36. The summed E-state index contributed by atoms with van der Waals surface area (Å²) in [5.41, 5.74) is 7.77. The summed E-state index contributed by atoms with van der Waals surface area (Å²) in [6, 6.07) is 7.62. The Balaban J connectivity index is 2.20. The average Bonchev–Trinajstić information content (AvgIpc) is 2.38. The maximum Gasteiger partial charge on any atom is 0.101 e. The number of nitrogen functional groups attached to an aromatic ring is 1. The van der Waals surface area contributed by atoms with Crippen LogP contribution in [0.15, 0.2) is 18.2 Å². The van der Waals surface area contributed by atoms with Gasteiger partial charge in [0.2, 0.25) is 0 Å². The fraction of sp³-hybridized carbons (Fsp3) is 0.500. The smallest absolute Gasteiger partial charge is 0.101 e. The Kier molecular flexibility index (Phi) is 3.73. The second kappa shape index (κ2) is 5.28. The first-order valence-corrected chi connectivity index (χ1v) is 6.34. The lowest BCUT2D eigenvalue weighted by Crippen LogP contribution is -2.43. The molecule has 0 radical (unpaired) electrons. The third kappa shape index (κ3) is 2.41. The number of nitrogens with two attached hydrogens (primary N) is 1. The maximum absolute atomic E-state index is 10.0. The van der Waals surface area contributed by atoms with Gasteiger partial charge in [-0.15, -0.1) is 0 Å². The summed E-state index contributed by atoms with van der Waals surface area (Å²) in [6.07, 6.45) is 3.83. The lowest BCUT2D eigenvalue weighted by molar-refractivity contribution is 0.106. The van der Waals surface area contributed by atoms with Gasteiger partial charge in [0, 0.05) is 12.7 Å². The van der Waals surface area contributed by atoms with Crippen molar-refractivity contribution in [2.45, 2.75) is 37.8 Å². The Morgan fingerprint density at radius 2 is 2.11 bits per heavy atom. The fourth-order valence-electron chi connectivity index (χ4n) is 2.61. The minimum atomic E-state index is -0.277. The van der Waals surface area contributed by atoms with Crippen molar-refractivity contribution < 1.29 is 5.11 Å². The molecule has 4 nitrogen and oxygen atoms in total. The van der Waals surface area contributed by atoms with E-state index in [0.29, 0.717) is 11.3 Å². The van der Waals surface area contributed by atoms with Crippen molar-refractivity contribution in [1.29, 1.82) is 5.26 Å². The van der Waals surface area contributed by atoms with Crippen LogP contribution in [0, 0.1) is 11.3 Å². The molecule has 4 heteroatoms. The number of aliphatic hydroxyl groups is 1. The van der Waals surface area contributed by atoms with E-state index in [1.165, 1.54) is 0 Å². The summed E-state index contributed by atoms with van der Waals surface area (Å²) < 4.78 is 0. The van der Waals surface area contributed by atoms with Crippen molar-refractivity contribution >= 4 is 11.4 Å². The van der Waals surface area contributed by atoms with Crippen molar-refractivity contribution in [2.75, 3.05) is 17.7 Å². The van der Waals surface area contributed by atoms with Gasteiger partial charge in [-0.2, -0.15) is 5.26 Å². The minimum Gasteiger partial charge on any atom is -0.398 e. The molecule has 0 aliphatic heterocycles. The van der Waals surface area contributed by atoms with Crippen molar-refractivity contribution in [3.8, 4) is 6.07 Å². The van der Waals surface area contributed by atoms with Crippen LogP contribution < -0.4 is 10.6 Å². The van der Waals surface area contributed by atoms with E-state index in [4.69, 9.17) is 11.0 Å². The standard InChI is InChI=1S/C14H19N3O/c1-17(13-4-2-3-5-14(13)18)11-7-6-10(9-15)12(16)8-11/h6-8,13-14,18H,2-5,16H2,1H3. The van der Waals surface area contributed by atoms with E-state index < -0.39 is 0 Å². The maximum atomic E-state index is 10.0. The lowest BCUT2D eigenvalue weighted by atomic mass is 9.91. The summed E-state index contributed by atoms with van der Waals surface area (Å²) in [4.78, 5) is 2.07. The predicted octanol–water partition coefficient (Wildman–Crippen LogP) is 1.88. The van der Waals surface area contributed by atoms with Crippen LogP contribution >= 0.6 is 0 Å². The van der Waals surface area contributed by atoms with E-state index in [-0.39, 0.29) is 12.1 Å². The normalized spacial score (nSPS) is 23.4. The minimum absolute atomic E-state index is 0.145. The molecule has 1 fully saturated rings. The summed E-state index contributed by atoms with van der Waals surface area (Å²) >= 11 is 0. The van der Waals surface area contributed by atoms with Crippen LogP contribution in [0.4, 0.5) is 11.4 Å². The highest BCUT2D eigenvalue weighted by Gasteiger charge is 2.26. The first-order chi connectivity index (χ1) is 8.63. The number of nitriles is 1. The van der Waals surface area contributed by atoms with Gasteiger partial charge in [-0.25, -0.2) is 0 Å². The molecule has 0 bridgehead atoms. The summed E-state index contributed by atoms with van der Waals surface area (Å²) in [5, 5.41) is 18.9. The summed E-state index contributed by atoms with van der Waals surface area (Å²) in [6.45, 7) is 0. The van der Waals surface area contributed by atoms with Gasteiger partial charge in [0.15, 0.2) is 0 Å². The zero-order valence-corrected chi connectivity index (χ0v) is 10.6. The van der Waals surface area contributed by atoms with E-state index >= 15 is 0 Å². The fourth-order valence-corrected chi connectivity index (χ4v) is 2.61. The van der Waals surface area contributed by atoms with E-state index in [9.17, 15) is 5.11 Å². The molecule has 0 aromatic heterocycles. The SMILES string of the molecule is CN(c1ccc(C#N)c(N)c1)C1CCCCC1O. The summed E-state index contributed by atoms with van der Waals surface area (Å²) in [7, 11) is 1.97. The molecule has 0 heterocycles. The number of aliphatic hydroxyl groups excluding tert-OH is 1. The molecule has 3 N–H and O–H groups in total. The molecule has 96 valence electrons. The molecule has 0 spiro atoms. The Bertz CT molecular complexity index is 467. The molecule has 2 rings (SSSR count). The number of anilines is 2. The number of likely N-dealkylation sites (N-methyl/N-ethyl adjacent to an activating group) is 1. The van der Waals surface area contributed by atoms with Crippen molar-refractivity contribution in [1.82, 2.24) is 0 Å². The van der Waals surface area contributed by atoms with Gasteiger partial charge in [0.25, 0.3) is 0 Å². The molecule has 1 saturated carbocycles. The number of rotatable bonds is 2. The third-order valence-electron chi connectivity index (χ3n) is 3.75. The highest BCUT2D eigenvalue weighted by molar-refractivity contribution is 5.63. The van der Waals surface area contributed by atoms with Gasteiger partial charge in [0.05, 0.1) is 23.4 Å². The van der Waals surface area contributed by atoms with Crippen LogP contribution in [0.25, 0.3) is 0 Å². The van der Waals surface area contributed by atoms with Crippen LogP contribution in [0.2, 0.25) is 0 Å². The van der Waals surface area contributed by atoms with E-state index in [1.54, 1.807) is 12.1 Å². The van der Waals surface area contributed by atoms with Crippen LogP contribution in [-0.2, 0) is 0 Å². The molecule has 0 amide bonds. The molecule has 2 atom stereocenters. The molecule has 2 unspecified atom stereocenters. The van der Waals surface area contributed by atoms with Crippen molar-refractivity contribution in [3.05, 3.63) is 23.8 Å². The predicted molar refractivity (Wildman–Crippen MR) is 72.2 cm³/mol. The van der Waals surface area contributed by atoms with Gasteiger partial charge in [-0.05, 0) is 31.0 Å². The number of benzene rings is 1. The van der Waals surface area contributed by atoms with Crippen LogP contribution in [0.1, 0.15) is 31.2 Å². The van der Waals surface area contributed by atoms with Crippen LogP contribution in [-0.4, -0.2) is 24.3 Å². The number of hydrogen-bond donors (Lipinski definition) is 2. The zero-order chi connectivity index (χ0) is 13.1. The molecular formula is C14H19N3O. The number of hydrogen-bond acceptors (Lipinski definition) is 4. The van der Waals surface area contributed by atoms with Crippen molar-refractivity contribution in [3.63, 3.8) is 0 Å². The molecular weight excluding hydrogens is 226 g/mol. The van der Waals surface area contributed by atoms with E-state index in [0.717, 1.165) is 31.4 Å². The molecule has 1 aliphatic carbocycles. The number of nitrogens with zero attached hydrogens (tertiary/aromatic N) is 2. The first-order valence-electron chi connectivity index (χ1n) is 6.34. The van der Waals surface area contributed by atoms with Crippen LogP contribution in [0.5, 0.6) is 0 Å². The highest BCUT2D eigenvalue weighted by Crippen LogP contribution is 2.28. The average molecular weight is 245 g/mol. The zero-order valence-electron chi connectivity index (χ0n) is 10.6. The molecule has 1 aliphatic rings. The van der Waals surface area contributed by atoms with Gasteiger partial charge in [-0.3, -0.25) is 0 Å². The monoisotopic (exact) mass is 245 g/mol. The quantitative estimate of drug-likeness (QED) is 0.780. The second-order valence-electron chi connectivity index (χ2n) is 4.91. The van der Waals surface area contributed by atoms with Gasteiger partial charge in [-0.1, -0.05) is 12.8 Å². The largest absolute Gasteiger partial charge is 0.398 e. The second-order valence-corrected chi connectivity index (χ2v) is 4.91.